The normalized spacial score (nSPS) is 16.4. The van der Waals surface area contributed by atoms with E-state index < -0.39 is 16.6 Å². The number of nitrogens with two attached hydrogens (primary N) is 1. The van der Waals surface area contributed by atoms with Crippen molar-refractivity contribution in [2.24, 2.45) is 5.73 Å². The van der Waals surface area contributed by atoms with Gasteiger partial charge in [-0.15, -0.1) is 0 Å². The molecule has 1 aromatic carbocycles. The molecule has 0 aromatic heterocycles. The lowest BCUT2D eigenvalue weighted by Crippen LogP contribution is -2.43. The number of amides is 1. The number of likely N-dealkylation sites (tertiary alicyclic amines) is 1. The van der Waals surface area contributed by atoms with Crippen LogP contribution in [0.25, 0.3) is 0 Å². The summed E-state index contributed by atoms with van der Waals surface area (Å²) >= 11 is 0. The maximum atomic E-state index is 13.7. The molecule has 2 N–H and O–H groups in total. The zero-order chi connectivity index (χ0) is 14.0. The molecule has 1 heterocycles. The summed E-state index contributed by atoms with van der Waals surface area (Å²) in [6, 6.07) is 3.13. The smallest absolute Gasteiger partial charge is 0.272 e. The summed E-state index contributed by atoms with van der Waals surface area (Å²) in [6.07, 6.45) is 1.36. The van der Waals surface area contributed by atoms with E-state index in [9.17, 15) is 19.3 Å². The van der Waals surface area contributed by atoms with E-state index in [2.05, 4.69) is 0 Å². The Morgan fingerprint density at radius 2 is 2.05 bits per heavy atom. The molecule has 0 saturated carbocycles. The Bertz CT molecular complexity index is 513. The van der Waals surface area contributed by atoms with Crippen molar-refractivity contribution in [1.29, 1.82) is 0 Å². The van der Waals surface area contributed by atoms with E-state index in [4.69, 9.17) is 5.73 Å². The summed E-state index contributed by atoms with van der Waals surface area (Å²) in [5.74, 6) is -1.31. The molecule has 1 aliphatic rings. The van der Waals surface area contributed by atoms with Gasteiger partial charge in [-0.2, -0.15) is 0 Å². The number of nitro benzene ring substituents is 1. The van der Waals surface area contributed by atoms with Gasteiger partial charge in [0.05, 0.1) is 16.6 Å². The van der Waals surface area contributed by atoms with Gasteiger partial charge in [0.2, 0.25) is 0 Å². The van der Waals surface area contributed by atoms with Gasteiger partial charge in [-0.3, -0.25) is 14.9 Å². The van der Waals surface area contributed by atoms with E-state index in [0.717, 1.165) is 18.2 Å². The molecule has 19 heavy (non-hydrogen) atoms. The van der Waals surface area contributed by atoms with Crippen LogP contribution in [0.5, 0.6) is 0 Å². The second kappa shape index (κ2) is 5.31. The van der Waals surface area contributed by atoms with Gasteiger partial charge in [-0.25, -0.2) is 4.39 Å². The summed E-state index contributed by atoms with van der Waals surface area (Å²) in [7, 11) is 0. The second-order valence-electron chi connectivity index (χ2n) is 4.55. The van der Waals surface area contributed by atoms with Gasteiger partial charge in [-0.05, 0) is 18.9 Å². The van der Waals surface area contributed by atoms with Crippen molar-refractivity contribution in [2.45, 2.75) is 18.9 Å². The number of nitro groups is 1. The Labute approximate surface area is 109 Å². The lowest BCUT2D eigenvalue weighted by Gasteiger charge is -2.30. The molecule has 0 radical (unpaired) electrons. The Kier molecular flexibility index (Phi) is 3.75. The number of piperidine rings is 1. The molecule has 7 heteroatoms. The number of hydrogen-bond acceptors (Lipinski definition) is 4. The molecule has 102 valence electrons. The molecule has 0 atom stereocenters. The summed E-state index contributed by atoms with van der Waals surface area (Å²) < 4.78 is 13.7. The van der Waals surface area contributed by atoms with Crippen molar-refractivity contribution in [1.82, 2.24) is 4.90 Å². The Morgan fingerprint density at radius 1 is 1.42 bits per heavy atom. The fourth-order valence-corrected chi connectivity index (χ4v) is 2.06. The van der Waals surface area contributed by atoms with Gasteiger partial charge in [0.25, 0.3) is 11.6 Å². The van der Waals surface area contributed by atoms with Crippen LogP contribution in [-0.4, -0.2) is 34.9 Å². The van der Waals surface area contributed by atoms with Crippen molar-refractivity contribution in [3.8, 4) is 0 Å². The van der Waals surface area contributed by atoms with Gasteiger partial charge in [0.1, 0.15) is 5.82 Å². The number of halogens is 1. The molecular formula is C12H14FN3O3. The van der Waals surface area contributed by atoms with E-state index in [1.807, 2.05) is 0 Å². The third-order valence-corrected chi connectivity index (χ3v) is 3.22. The standard InChI is InChI=1S/C12H14FN3O3/c13-11-7-9(16(18)19)1-2-10(11)12(17)15-5-3-8(14)4-6-15/h1-2,7-8H,3-6,14H2. The first kappa shape index (κ1) is 13.4. The number of carbonyl (C=O) groups is 1. The number of hydrogen-bond donors (Lipinski definition) is 1. The van der Waals surface area contributed by atoms with Crippen molar-refractivity contribution >= 4 is 11.6 Å². The first-order valence-corrected chi connectivity index (χ1v) is 5.98. The van der Waals surface area contributed by atoms with Crippen LogP contribution in [0.2, 0.25) is 0 Å². The number of rotatable bonds is 2. The Hall–Kier alpha value is -2.02. The highest BCUT2D eigenvalue weighted by molar-refractivity contribution is 5.94. The zero-order valence-corrected chi connectivity index (χ0v) is 10.2. The SMILES string of the molecule is NC1CCN(C(=O)c2ccc([N+](=O)[O-])cc2F)CC1. The Balaban J connectivity index is 2.17. The average Bonchev–Trinajstić information content (AvgIpc) is 2.38. The number of carbonyl (C=O) groups excluding carboxylic acids is 1. The van der Waals surface area contributed by atoms with Crippen molar-refractivity contribution in [3.63, 3.8) is 0 Å². The lowest BCUT2D eigenvalue weighted by molar-refractivity contribution is -0.385. The van der Waals surface area contributed by atoms with E-state index >= 15 is 0 Å². The first-order valence-electron chi connectivity index (χ1n) is 5.98. The minimum absolute atomic E-state index is 0.0748. The molecule has 1 aliphatic heterocycles. The molecule has 0 aliphatic carbocycles. The van der Waals surface area contributed by atoms with Crippen LogP contribution in [0.1, 0.15) is 23.2 Å². The lowest BCUT2D eigenvalue weighted by atomic mass is 10.0. The number of non-ortho nitro benzene ring substituents is 1. The molecule has 6 nitrogen and oxygen atoms in total. The maximum Gasteiger partial charge on any atom is 0.272 e. The first-order chi connectivity index (χ1) is 8.99. The second-order valence-corrected chi connectivity index (χ2v) is 4.55. The largest absolute Gasteiger partial charge is 0.338 e. The monoisotopic (exact) mass is 267 g/mol. The number of benzene rings is 1. The molecule has 1 fully saturated rings. The van der Waals surface area contributed by atoms with Gasteiger partial charge >= 0.3 is 0 Å². The predicted molar refractivity (Wildman–Crippen MR) is 66.2 cm³/mol. The summed E-state index contributed by atoms with van der Waals surface area (Å²) in [5.41, 5.74) is 5.23. The summed E-state index contributed by atoms with van der Waals surface area (Å²) in [4.78, 5) is 23.4. The molecule has 1 saturated heterocycles. The van der Waals surface area contributed by atoms with Crippen LogP contribution >= 0.6 is 0 Å². The summed E-state index contributed by atoms with van der Waals surface area (Å²) in [5, 5.41) is 10.5. The number of nitrogens with zero attached hydrogens (tertiary/aromatic N) is 2. The Morgan fingerprint density at radius 3 is 2.58 bits per heavy atom. The molecule has 1 amide bonds. The minimum atomic E-state index is -0.867. The molecular weight excluding hydrogens is 253 g/mol. The topological polar surface area (TPSA) is 89.5 Å². The quantitative estimate of drug-likeness (QED) is 0.646. The van der Waals surface area contributed by atoms with Crippen LogP contribution in [0.15, 0.2) is 18.2 Å². The third kappa shape index (κ3) is 2.87. The highest BCUT2D eigenvalue weighted by Gasteiger charge is 2.24. The van der Waals surface area contributed by atoms with Gasteiger partial charge < -0.3 is 10.6 Å². The molecule has 2 rings (SSSR count). The fourth-order valence-electron chi connectivity index (χ4n) is 2.06. The van der Waals surface area contributed by atoms with Crippen LogP contribution in [0, 0.1) is 15.9 Å². The van der Waals surface area contributed by atoms with Crippen molar-refractivity contribution < 1.29 is 14.1 Å². The van der Waals surface area contributed by atoms with E-state index in [-0.39, 0.29) is 17.3 Å². The maximum absolute atomic E-state index is 13.7. The van der Waals surface area contributed by atoms with Gasteiger partial charge in [0, 0.05) is 25.2 Å². The average molecular weight is 267 g/mol. The third-order valence-electron chi connectivity index (χ3n) is 3.22. The van der Waals surface area contributed by atoms with Crippen molar-refractivity contribution in [2.75, 3.05) is 13.1 Å². The van der Waals surface area contributed by atoms with E-state index in [1.165, 1.54) is 4.90 Å². The molecule has 0 spiro atoms. The van der Waals surface area contributed by atoms with Gasteiger partial charge in [-0.1, -0.05) is 0 Å². The van der Waals surface area contributed by atoms with Crippen LogP contribution in [-0.2, 0) is 0 Å². The van der Waals surface area contributed by atoms with Crippen molar-refractivity contribution in [3.05, 3.63) is 39.7 Å². The van der Waals surface area contributed by atoms with Crippen LogP contribution in [0.4, 0.5) is 10.1 Å². The highest BCUT2D eigenvalue weighted by atomic mass is 19.1. The zero-order valence-electron chi connectivity index (χ0n) is 10.2. The van der Waals surface area contributed by atoms with Crippen LogP contribution < -0.4 is 5.73 Å². The minimum Gasteiger partial charge on any atom is -0.338 e. The molecule has 0 bridgehead atoms. The van der Waals surface area contributed by atoms with Crippen LogP contribution in [0.3, 0.4) is 0 Å². The molecule has 0 unspecified atom stereocenters. The van der Waals surface area contributed by atoms with E-state index in [1.54, 1.807) is 0 Å². The summed E-state index contributed by atoms with van der Waals surface area (Å²) in [6.45, 7) is 0.965. The highest BCUT2D eigenvalue weighted by Crippen LogP contribution is 2.19. The van der Waals surface area contributed by atoms with Gasteiger partial charge in [0.15, 0.2) is 0 Å². The predicted octanol–water partition coefficient (Wildman–Crippen LogP) is 1.30. The molecule has 1 aromatic rings. The van der Waals surface area contributed by atoms with E-state index in [0.29, 0.717) is 25.9 Å². The fraction of sp³-hybridized carbons (Fsp3) is 0.417.